The van der Waals surface area contributed by atoms with Gasteiger partial charge in [0, 0.05) is 33.0 Å². The van der Waals surface area contributed by atoms with E-state index in [1.165, 1.54) is 21.0 Å². The van der Waals surface area contributed by atoms with Gasteiger partial charge < -0.3 is 34.3 Å². The Morgan fingerprint density at radius 2 is 1.80 bits per heavy atom. The zero-order valence-corrected chi connectivity index (χ0v) is 17.7. The van der Waals surface area contributed by atoms with Crippen LogP contribution in [0.15, 0.2) is 11.1 Å². The highest BCUT2D eigenvalue weighted by atomic mass is 16.6. The lowest BCUT2D eigenvalue weighted by molar-refractivity contribution is -0.322. The van der Waals surface area contributed by atoms with E-state index in [9.17, 15) is 29.7 Å². The highest BCUT2D eigenvalue weighted by Gasteiger charge is 2.80. The van der Waals surface area contributed by atoms with Gasteiger partial charge in [0.1, 0.15) is 17.8 Å². The lowest BCUT2D eigenvalue weighted by atomic mass is 9.51. The highest BCUT2D eigenvalue weighted by molar-refractivity contribution is 5.95. The fraction of sp³-hybridized carbons (Fsp3) is 0.750. The maximum absolute atomic E-state index is 12.8. The van der Waals surface area contributed by atoms with Crippen LogP contribution in [0.1, 0.15) is 47.0 Å². The molecular formula is C20H28O10. The van der Waals surface area contributed by atoms with Crippen molar-refractivity contribution in [3.05, 3.63) is 11.1 Å². The van der Waals surface area contributed by atoms with Gasteiger partial charge in [0.25, 0.3) is 0 Å². The van der Waals surface area contributed by atoms with Gasteiger partial charge in [-0.2, -0.15) is 0 Å². The molecule has 2 saturated carbocycles. The monoisotopic (exact) mass is 428 g/mol. The third-order valence-electron chi connectivity index (χ3n) is 6.54. The molecule has 3 N–H and O–H groups in total. The Bertz CT molecular complexity index is 816. The van der Waals surface area contributed by atoms with Crippen LogP contribution >= 0.6 is 0 Å². The van der Waals surface area contributed by atoms with Gasteiger partial charge in [0.05, 0.1) is 17.8 Å². The van der Waals surface area contributed by atoms with Gasteiger partial charge in [-0.15, -0.1) is 0 Å². The zero-order valence-electron chi connectivity index (χ0n) is 17.7. The van der Waals surface area contributed by atoms with Crippen LogP contribution in [0, 0.1) is 0 Å². The molecule has 0 bridgehead atoms. The molecule has 6 atom stereocenters. The lowest BCUT2D eigenvalue weighted by Crippen LogP contribution is -2.81. The summed E-state index contributed by atoms with van der Waals surface area (Å²) in [6.07, 6.45) is -3.38. The molecule has 0 aromatic heterocycles. The average Bonchev–Trinajstić information content (AvgIpc) is 2.89. The number of aliphatic hydroxyl groups is 3. The number of methoxy groups -OCH3 is 1. The standard InChI is InChI=1S/C20H28O10/c1-10(21)28-13-8-18(4,29-11(2)22)19(26)7-6-17(3,25)16(24)20(19)14(13)12(9-27-5)15(23)30-20/h13,16,24-26H,6-9H2,1-5H3. The van der Waals surface area contributed by atoms with E-state index in [2.05, 4.69) is 0 Å². The first-order chi connectivity index (χ1) is 13.8. The summed E-state index contributed by atoms with van der Waals surface area (Å²) >= 11 is 0. The molecule has 1 spiro atoms. The molecule has 10 nitrogen and oxygen atoms in total. The van der Waals surface area contributed by atoms with Crippen molar-refractivity contribution < 1.29 is 48.7 Å². The van der Waals surface area contributed by atoms with E-state index in [1.54, 1.807) is 0 Å². The first-order valence-electron chi connectivity index (χ1n) is 9.71. The molecule has 6 unspecified atom stereocenters. The Balaban J connectivity index is 2.34. The average molecular weight is 428 g/mol. The quantitative estimate of drug-likeness (QED) is 0.396. The summed E-state index contributed by atoms with van der Waals surface area (Å²) in [6, 6.07) is 0. The Morgan fingerprint density at radius 1 is 1.17 bits per heavy atom. The number of carbonyl (C=O) groups is 3. The van der Waals surface area contributed by atoms with Crippen LogP contribution in [-0.2, 0) is 33.3 Å². The van der Waals surface area contributed by atoms with Gasteiger partial charge in [0.15, 0.2) is 11.2 Å². The van der Waals surface area contributed by atoms with Gasteiger partial charge in [0.2, 0.25) is 0 Å². The van der Waals surface area contributed by atoms with E-state index in [1.807, 2.05) is 0 Å². The Morgan fingerprint density at radius 3 is 2.33 bits per heavy atom. The number of esters is 3. The van der Waals surface area contributed by atoms with Gasteiger partial charge in [-0.25, -0.2) is 4.79 Å². The van der Waals surface area contributed by atoms with Gasteiger partial charge in [-0.3, -0.25) is 9.59 Å². The van der Waals surface area contributed by atoms with Crippen LogP contribution in [-0.4, -0.2) is 81.6 Å². The summed E-state index contributed by atoms with van der Waals surface area (Å²) in [5.41, 5.74) is -7.78. The SMILES string of the molecule is COCC1=C2C(OC(C)=O)CC(C)(OC(C)=O)C3(O)CCC(C)(O)C(O)C23OC1=O. The van der Waals surface area contributed by atoms with E-state index in [0.717, 1.165) is 13.8 Å². The van der Waals surface area contributed by atoms with Crippen LogP contribution in [0.2, 0.25) is 0 Å². The summed E-state index contributed by atoms with van der Waals surface area (Å²) in [6.45, 7) is 4.86. The minimum absolute atomic E-state index is 0.0177. The molecule has 0 radical (unpaired) electrons. The number of hydrogen-bond acceptors (Lipinski definition) is 10. The van der Waals surface area contributed by atoms with Crippen LogP contribution < -0.4 is 0 Å². The molecule has 0 saturated heterocycles. The number of aliphatic hydroxyl groups excluding tert-OH is 1. The molecular weight excluding hydrogens is 400 g/mol. The predicted molar refractivity (Wildman–Crippen MR) is 98.9 cm³/mol. The van der Waals surface area contributed by atoms with E-state index in [-0.39, 0.29) is 37.0 Å². The molecule has 2 aliphatic carbocycles. The molecule has 2 fully saturated rings. The number of ether oxygens (including phenoxy) is 4. The second kappa shape index (κ2) is 7.01. The second-order valence-electron chi connectivity index (χ2n) is 8.70. The van der Waals surface area contributed by atoms with Crippen molar-refractivity contribution >= 4 is 17.9 Å². The highest BCUT2D eigenvalue weighted by Crippen LogP contribution is 2.62. The van der Waals surface area contributed by atoms with E-state index >= 15 is 0 Å². The first-order valence-corrected chi connectivity index (χ1v) is 9.71. The number of carbonyl (C=O) groups excluding carboxylic acids is 3. The summed E-state index contributed by atoms with van der Waals surface area (Å²) in [5.74, 6) is -2.29. The molecule has 1 heterocycles. The summed E-state index contributed by atoms with van der Waals surface area (Å²) in [4.78, 5) is 36.6. The second-order valence-corrected chi connectivity index (χ2v) is 8.70. The Kier molecular flexibility index (Phi) is 5.30. The van der Waals surface area contributed by atoms with Crippen molar-refractivity contribution in [2.24, 2.45) is 0 Å². The predicted octanol–water partition coefficient (Wildman–Crippen LogP) is -0.481. The van der Waals surface area contributed by atoms with E-state index in [0.29, 0.717) is 0 Å². The fourth-order valence-corrected chi connectivity index (χ4v) is 5.27. The van der Waals surface area contributed by atoms with Gasteiger partial charge >= 0.3 is 17.9 Å². The Labute approximate surface area is 173 Å². The maximum atomic E-state index is 12.8. The molecule has 3 rings (SSSR count). The van der Waals surface area contributed by atoms with Crippen molar-refractivity contribution in [3.63, 3.8) is 0 Å². The summed E-state index contributed by atoms with van der Waals surface area (Å²) < 4.78 is 21.7. The third kappa shape index (κ3) is 2.89. The smallest absolute Gasteiger partial charge is 0.337 e. The minimum atomic E-state index is -2.21. The number of hydrogen-bond donors (Lipinski definition) is 3. The third-order valence-corrected chi connectivity index (χ3v) is 6.54. The Hall–Kier alpha value is -2.01. The van der Waals surface area contributed by atoms with E-state index < -0.39 is 52.5 Å². The van der Waals surface area contributed by atoms with Gasteiger partial charge in [-0.05, 0) is 26.7 Å². The molecule has 0 aromatic rings. The molecule has 10 heteroatoms. The fourth-order valence-electron chi connectivity index (χ4n) is 5.27. The van der Waals surface area contributed by atoms with Crippen molar-refractivity contribution in [1.29, 1.82) is 0 Å². The normalized spacial score (nSPS) is 42.9. The minimum Gasteiger partial charge on any atom is -0.458 e. The van der Waals surface area contributed by atoms with E-state index in [4.69, 9.17) is 18.9 Å². The molecule has 0 aromatic carbocycles. The van der Waals surface area contributed by atoms with Gasteiger partial charge in [-0.1, -0.05) is 0 Å². The maximum Gasteiger partial charge on any atom is 0.337 e. The number of rotatable bonds is 4. The topological polar surface area (TPSA) is 149 Å². The summed E-state index contributed by atoms with van der Waals surface area (Å²) in [7, 11) is 1.35. The molecule has 168 valence electrons. The lowest BCUT2D eigenvalue weighted by Gasteiger charge is -2.63. The largest absolute Gasteiger partial charge is 0.458 e. The van der Waals surface area contributed by atoms with Crippen molar-refractivity contribution in [2.75, 3.05) is 13.7 Å². The van der Waals surface area contributed by atoms with Crippen LogP contribution in [0.3, 0.4) is 0 Å². The molecule has 3 aliphatic rings. The molecule has 30 heavy (non-hydrogen) atoms. The van der Waals surface area contributed by atoms with Crippen LogP contribution in [0.5, 0.6) is 0 Å². The van der Waals surface area contributed by atoms with Crippen LogP contribution in [0.4, 0.5) is 0 Å². The first kappa shape index (κ1) is 22.7. The van der Waals surface area contributed by atoms with Crippen LogP contribution in [0.25, 0.3) is 0 Å². The molecule has 0 amide bonds. The van der Waals surface area contributed by atoms with Crippen molar-refractivity contribution in [1.82, 2.24) is 0 Å². The molecule has 1 aliphatic heterocycles. The van der Waals surface area contributed by atoms with Crippen molar-refractivity contribution in [2.45, 2.75) is 81.6 Å². The zero-order chi connectivity index (χ0) is 22.7. The van der Waals surface area contributed by atoms with Crippen molar-refractivity contribution in [3.8, 4) is 0 Å². The summed E-state index contributed by atoms with van der Waals surface area (Å²) in [5, 5.41) is 34.0.